The Morgan fingerprint density at radius 2 is 2.38 bits per heavy atom. The number of piperidine rings is 1. The molecule has 0 radical (unpaired) electrons. The third-order valence-electron chi connectivity index (χ3n) is 2.76. The van der Waals surface area contributed by atoms with Crippen molar-refractivity contribution in [1.82, 2.24) is 5.32 Å². The highest BCUT2D eigenvalue weighted by Crippen LogP contribution is 2.20. The summed E-state index contributed by atoms with van der Waals surface area (Å²) < 4.78 is 19.8. The second-order valence-electron chi connectivity index (χ2n) is 3.99. The topological polar surface area (TPSA) is 21.3 Å². The molecule has 0 saturated carbocycles. The van der Waals surface area contributed by atoms with Crippen LogP contribution in [0.2, 0.25) is 0 Å². The Kier molecular flexibility index (Phi) is 4.32. The summed E-state index contributed by atoms with van der Waals surface area (Å²) in [5, 5.41) is 3.27. The molecule has 1 aromatic rings. The van der Waals surface area contributed by atoms with Crippen LogP contribution in [0.3, 0.4) is 0 Å². The summed E-state index contributed by atoms with van der Waals surface area (Å²) in [7, 11) is 0. The summed E-state index contributed by atoms with van der Waals surface area (Å²) in [6, 6.07) is 5.28. The van der Waals surface area contributed by atoms with Crippen molar-refractivity contribution in [3.8, 4) is 0 Å². The van der Waals surface area contributed by atoms with Crippen LogP contribution in [0.25, 0.3) is 0 Å². The molecule has 88 valence electrons. The quantitative estimate of drug-likeness (QED) is 0.923. The van der Waals surface area contributed by atoms with Crippen molar-refractivity contribution in [3.63, 3.8) is 0 Å². The first-order valence-electron chi connectivity index (χ1n) is 5.52. The van der Waals surface area contributed by atoms with Gasteiger partial charge in [-0.1, -0.05) is 12.1 Å². The Labute approximate surface area is 103 Å². The maximum atomic E-state index is 13.6. The van der Waals surface area contributed by atoms with Gasteiger partial charge < -0.3 is 10.1 Å². The van der Waals surface area contributed by atoms with Crippen LogP contribution in [0.4, 0.5) is 4.39 Å². The van der Waals surface area contributed by atoms with Gasteiger partial charge in [-0.15, -0.1) is 0 Å². The fraction of sp³-hybridized carbons (Fsp3) is 0.500. The zero-order valence-electron chi connectivity index (χ0n) is 9.01. The van der Waals surface area contributed by atoms with E-state index in [1.54, 1.807) is 12.1 Å². The minimum absolute atomic E-state index is 0.215. The van der Waals surface area contributed by atoms with Gasteiger partial charge in [0.1, 0.15) is 5.82 Å². The molecule has 4 heteroatoms. The van der Waals surface area contributed by atoms with Crippen LogP contribution in [-0.2, 0) is 11.3 Å². The number of hydrogen-bond donors (Lipinski definition) is 1. The highest BCUT2D eigenvalue weighted by atomic mass is 79.9. The van der Waals surface area contributed by atoms with Crippen molar-refractivity contribution in [1.29, 1.82) is 0 Å². The molecule has 16 heavy (non-hydrogen) atoms. The molecule has 1 fully saturated rings. The van der Waals surface area contributed by atoms with Crippen LogP contribution in [0.5, 0.6) is 0 Å². The monoisotopic (exact) mass is 287 g/mol. The Morgan fingerprint density at radius 3 is 3.12 bits per heavy atom. The maximum absolute atomic E-state index is 13.6. The van der Waals surface area contributed by atoms with Gasteiger partial charge in [-0.3, -0.25) is 0 Å². The van der Waals surface area contributed by atoms with Crippen LogP contribution in [0.15, 0.2) is 22.7 Å². The van der Waals surface area contributed by atoms with E-state index in [1.165, 1.54) is 0 Å². The van der Waals surface area contributed by atoms with Gasteiger partial charge in [-0.25, -0.2) is 4.39 Å². The molecule has 1 atom stereocenters. The van der Waals surface area contributed by atoms with Crippen LogP contribution < -0.4 is 5.32 Å². The normalized spacial score (nSPS) is 21.0. The van der Waals surface area contributed by atoms with E-state index >= 15 is 0 Å². The smallest absolute Gasteiger partial charge is 0.142 e. The van der Waals surface area contributed by atoms with Gasteiger partial charge in [0.25, 0.3) is 0 Å². The molecule has 0 amide bonds. The Morgan fingerprint density at radius 1 is 1.50 bits per heavy atom. The average molecular weight is 288 g/mol. The predicted octanol–water partition coefficient (Wildman–Crippen LogP) is 2.86. The van der Waals surface area contributed by atoms with Gasteiger partial charge >= 0.3 is 0 Å². The molecular formula is C12H15BrFNO. The highest BCUT2D eigenvalue weighted by Gasteiger charge is 2.14. The van der Waals surface area contributed by atoms with E-state index in [4.69, 9.17) is 4.74 Å². The Hall–Kier alpha value is -0.450. The Bertz CT molecular complexity index is 353. The number of halogens is 2. The number of nitrogens with one attached hydrogen (secondary N) is 1. The standard InChI is InChI=1S/C12H15BrFNO/c13-11-5-1-3-9(12(11)14)8-16-10-4-2-6-15-7-10/h1,3,5,10,15H,2,4,6-8H2. The molecule has 0 aromatic heterocycles. The number of rotatable bonds is 3. The molecule has 0 aliphatic carbocycles. The van der Waals surface area contributed by atoms with Crippen molar-refractivity contribution in [3.05, 3.63) is 34.1 Å². The van der Waals surface area contributed by atoms with Crippen molar-refractivity contribution in [2.75, 3.05) is 13.1 Å². The minimum Gasteiger partial charge on any atom is -0.372 e. The van der Waals surface area contributed by atoms with Gasteiger partial charge in [0.05, 0.1) is 17.2 Å². The van der Waals surface area contributed by atoms with Gasteiger partial charge in [-0.05, 0) is 41.4 Å². The Balaban J connectivity index is 1.91. The van der Waals surface area contributed by atoms with Gasteiger partial charge in [0.2, 0.25) is 0 Å². The van der Waals surface area contributed by atoms with Gasteiger partial charge in [0.15, 0.2) is 0 Å². The molecule has 1 aromatic carbocycles. The number of benzene rings is 1. The third-order valence-corrected chi connectivity index (χ3v) is 3.37. The molecule has 2 nitrogen and oxygen atoms in total. The van der Waals surface area contributed by atoms with E-state index in [0.717, 1.165) is 25.9 Å². The summed E-state index contributed by atoms with van der Waals surface area (Å²) in [6.45, 7) is 2.28. The SMILES string of the molecule is Fc1c(Br)cccc1COC1CCCNC1. The molecule has 1 unspecified atom stereocenters. The number of hydrogen-bond acceptors (Lipinski definition) is 2. The largest absolute Gasteiger partial charge is 0.372 e. The molecule has 1 N–H and O–H groups in total. The fourth-order valence-electron chi connectivity index (χ4n) is 1.83. The lowest BCUT2D eigenvalue weighted by Gasteiger charge is -2.23. The van der Waals surface area contributed by atoms with Crippen LogP contribution in [0, 0.1) is 5.82 Å². The second-order valence-corrected chi connectivity index (χ2v) is 4.85. The van der Waals surface area contributed by atoms with E-state index in [9.17, 15) is 4.39 Å². The zero-order chi connectivity index (χ0) is 11.4. The lowest BCUT2D eigenvalue weighted by atomic mass is 10.1. The molecular weight excluding hydrogens is 273 g/mol. The van der Waals surface area contributed by atoms with Gasteiger partial charge in [0, 0.05) is 12.1 Å². The van der Waals surface area contributed by atoms with E-state index in [2.05, 4.69) is 21.2 Å². The van der Waals surface area contributed by atoms with E-state index in [-0.39, 0.29) is 11.9 Å². The van der Waals surface area contributed by atoms with E-state index in [0.29, 0.717) is 16.6 Å². The molecule has 1 aliphatic heterocycles. The lowest BCUT2D eigenvalue weighted by molar-refractivity contribution is 0.0239. The molecule has 1 saturated heterocycles. The summed E-state index contributed by atoms with van der Waals surface area (Å²) in [5.74, 6) is -0.216. The summed E-state index contributed by atoms with van der Waals surface area (Å²) in [5.41, 5.74) is 0.611. The average Bonchev–Trinajstić information content (AvgIpc) is 2.32. The van der Waals surface area contributed by atoms with Crippen molar-refractivity contribution >= 4 is 15.9 Å². The summed E-state index contributed by atoms with van der Waals surface area (Å²) in [6.07, 6.45) is 2.40. The van der Waals surface area contributed by atoms with Crippen molar-refractivity contribution in [2.45, 2.75) is 25.6 Å². The van der Waals surface area contributed by atoms with Gasteiger partial charge in [-0.2, -0.15) is 0 Å². The molecule has 2 rings (SSSR count). The zero-order valence-corrected chi connectivity index (χ0v) is 10.6. The van der Waals surface area contributed by atoms with E-state index in [1.807, 2.05) is 6.07 Å². The molecule has 1 aliphatic rings. The maximum Gasteiger partial charge on any atom is 0.142 e. The fourth-order valence-corrected chi connectivity index (χ4v) is 2.24. The van der Waals surface area contributed by atoms with E-state index < -0.39 is 0 Å². The molecule has 0 spiro atoms. The third kappa shape index (κ3) is 3.03. The van der Waals surface area contributed by atoms with Crippen molar-refractivity contribution in [2.24, 2.45) is 0 Å². The number of ether oxygens (including phenoxy) is 1. The summed E-state index contributed by atoms with van der Waals surface area (Å²) >= 11 is 3.17. The summed E-state index contributed by atoms with van der Waals surface area (Å²) in [4.78, 5) is 0. The predicted molar refractivity (Wildman–Crippen MR) is 64.8 cm³/mol. The van der Waals surface area contributed by atoms with Crippen LogP contribution in [-0.4, -0.2) is 19.2 Å². The first-order valence-corrected chi connectivity index (χ1v) is 6.32. The highest BCUT2D eigenvalue weighted by molar-refractivity contribution is 9.10. The minimum atomic E-state index is -0.216. The first kappa shape index (κ1) is 12.0. The van der Waals surface area contributed by atoms with Crippen LogP contribution in [0.1, 0.15) is 18.4 Å². The second kappa shape index (κ2) is 5.75. The molecule has 0 bridgehead atoms. The lowest BCUT2D eigenvalue weighted by Crippen LogP contribution is -2.35. The molecule has 1 heterocycles. The first-order chi connectivity index (χ1) is 7.77. The van der Waals surface area contributed by atoms with Crippen LogP contribution >= 0.6 is 15.9 Å². The van der Waals surface area contributed by atoms with Crippen molar-refractivity contribution < 1.29 is 9.13 Å².